The number of nitrogens with zero attached hydrogens (tertiary/aromatic N) is 2. The van der Waals surface area contributed by atoms with Gasteiger partial charge in [-0.3, -0.25) is 9.59 Å². The van der Waals surface area contributed by atoms with Gasteiger partial charge < -0.3 is 9.64 Å². The first-order chi connectivity index (χ1) is 12.1. The third kappa shape index (κ3) is 3.69. The maximum Gasteiger partial charge on any atom is 0.307 e. The molecule has 0 unspecified atom stereocenters. The van der Waals surface area contributed by atoms with Crippen LogP contribution in [-0.2, 0) is 9.53 Å². The summed E-state index contributed by atoms with van der Waals surface area (Å²) in [7, 11) is 3.03. The van der Waals surface area contributed by atoms with E-state index in [9.17, 15) is 9.59 Å². The average Bonchev–Trinajstić information content (AvgIpc) is 3.19. The van der Waals surface area contributed by atoms with Crippen molar-refractivity contribution in [2.75, 3.05) is 20.7 Å². The van der Waals surface area contributed by atoms with E-state index in [1.54, 1.807) is 18.4 Å². The van der Waals surface area contributed by atoms with E-state index < -0.39 is 0 Å². The highest BCUT2D eigenvalue weighted by molar-refractivity contribution is 7.13. The van der Waals surface area contributed by atoms with Crippen LogP contribution in [0.2, 0.25) is 0 Å². The summed E-state index contributed by atoms with van der Waals surface area (Å²) < 4.78 is 4.64. The number of carbonyl (C=O) groups excluding carboxylic acids is 2. The molecule has 0 aliphatic rings. The molecule has 3 aromatic rings. The van der Waals surface area contributed by atoms with Crippen LogP contribution in [0.5, 0.6) is 0 Å². The maximum atomic E-state index is 12.9. The van der Waals surface area contributed by atoms with Crippen molar-refractivity contribution >= 4 is 34.1 Å². The predicted molar refractivity (Wildman–Crippen MR) is 98.6 cm³/mol. The van der Waals surface area contributed by atoms with Crippen LogP contribution < -0.4 is 0 Å². The van der Waals surface area contributed by atoms with Gasteiger partial charge in [0.25, 0.3) is 5.91 Å². The standard InChI is InChI=1S/C19H18N2O3S/c1-21(10-9-18(22)24-2)19(23)14-12-16(17-8-5-11-25-17)20-15-7-4-3-6-13(14)15/h3-8,11-12H,9-10H2,1-2H3. The molecule has 1 aromatic carbocycles. The Hall–Kier alpha value is -2.73. The van der Waals surface area contributed by atoms with Gasteiger partial charge in [0, 0.05) is 19.0 Å². The summed E-state index contributed by atoms with van der Waals surface area (Å²) in [4.78, 5) is 31.5. The van der Waals surface area contributed by atoms with Gasteiger partial charge in [0.15, 0.2) is 0 Å². The van der Waals surface area contributed by atoms with E-state index in [1.165, 1.54) is 12.0 Å². The zero-order valence-corrected chi connectivity index (χ0v) is 14.9. The Morgan fingerprint density at radius 2 is 2.00 bits per heavy atom. The van der Waals surface area contributed by atoms with E-state index in [1.807, 2.05) is 47.8 Å². The van der Waals surface area contributed by atoms with Gasteiger partial charge >= 0.3 is 5.97 Å². The fourth-order valence-corrected chi connectivity index (χ4v) is 3.26. The van der Waals surface area contributed by atoms with Gasteiger partial charge in [0.2, 0.25) is 0 Å². The zero-order valence-electron chi connectivity index (χ0n) is 14.1. The minimum atomic E-state index is -0.335. The number of fused-ring (bicyclic) bond motifs is 1. The minimum absolute atomic E-state index is 0.139. The van der Waals surface area contributed by atoms with E-state index in [0.29, 0.717) is 12.1 Å². The number of aromatic nitrogens is 1. The monoisotopic (exact) mass is 354 g/mol. The molecule has 0 radical (unpaired) electrons. The molecule has 2 aromatic heterocycles. The lowest BCUT2D eigenvalue weighted by molar-refractivity contribution is -0.140. The average molecular weight is 354 g/mol. The lowest BCUT2D eigenvalue weighted by atomic mass is 10.1. The Morgan fingerprint density at radius 1 is 1.20 bits per heavy atom. The van der Waals surface area contributed by atoms with Gasteiger partial charge in [0.1, 0.15) is 0 Å². The fourth-order valence-electron chi connectivity index (χ4n) is 2.57. The van der Waals surface area contributed by atoms with Crippen molar-refractivity contribution in [3.05, 3.63) is 53.4 Å². The van der Waals surface area contributed by atoms with Gasteiger partial charge in [-0.2, -0.15) is 0 Å². The molecule has 128 valence electrons. The fraction of sp³-hybridized carbons (Fsp3) is 0.211. The molecule has 0 bridgehead atoms. The second-order valence-electron chi connectivity index (χ2n) is 5.60. The molecule has 0 saturated heterocycles. The molecule has 1 amide bonds. The first-order valence-corrected chi connectivity index (χ1v) is 8.74. The van der Waals surface area contributed by atoms with Crippen molar-refractivity contribution in [2.24, 2.45) is 0 Å². The van der Waals surface area contributed by atoms with Crippen LogP contribution in [0.1, 0.15) is 16.8 Å². The summed E-state index contributed by atoms with van der Waals surface area (Å²) >= 11 is 1.58. The zero-order chi connectivity index (χ0) is 17.8. The van der Waals surface area contributed by atoms with Crippen LogP contribution in [-0.4, -0.2) is 42.5 Å². The normalized spacial score (nSPS) is 10.6. The molecule has 2 heterocycles. The molecule has 6 heteroatoms. The van der Waals surface area contributed by atoms with Gasteiger partial charge in [-0.05, 0) is 23.6 Å². The predicted octanol–water partition coefficient (Wildman–Crippen LogP) is 3.60. The van der Waals surface area contributed by atoms with Crippen molar-refractivity contribution in [1.82, 2.24) is 9.88 Å². The number of hydrogen-bond acceptors (Lipinski definition) is 5. The van der Waals surface area contributed by atoms with Crippen molar-refractivity contribution in [2.45, 2.75) is 6.42 Å². The summed E-state index contributed by atoms with van der Waals surface area (Å²) in [5.41, 5.74) is 2.14. The molecule has 0 saturated carbocycles. The molecule has 0 aliphatic heterocycles. The summed E-state index contributed by atoms with van der Waals surface area (Å²) in [5.74, 6) is -0.473. The molecule has 0 atom stereocenters. The molecule has 3 rings (SSSR count). The Kier molecular flexibility index (Phi) is 5.09. The van der Waals surface area contributed by atoms with Gasteiger partial charge in [-0.1, -0.05) is 24.3 Å². The number of benzene rings is 1. The number of hydrogen-bond donors (Lipinski definition) is 0. The minimum Gasteiger partial charge on any atom is -0.469 e. The van der Waals surface area contributed by atoms with Crippen LogP contribution in [0.3, 0.4) is 0 Å². The summed E-state index contributed by atoms with van der Waals surface area (Å²) in [5, 5.41) is 2.79. The number of rotatable bonds is 5. The Labute approximate surface area is 149 Å². The molecule has 0 fully saturated rings. The molecular weight excluding hydrogens is 336 g/mol. The highest BCUT2D eigenvalue weighted by Crippen LogP contribution is 2.28. The van der Waals surface area contributed by atoms with Gasteiger partial charge in [-0.25, -0.2) is 4.98 Å². The lowest BCUT2D eigenvalue weighted by Gasteiger charge is -2.18. The number of amides is 1. The largest absolute Gasteiger partial charge is 0.469 e. The molecule has 5 nitrogen and oxygen atoms in total. The Bertz CT molecular complexity index is 906. The smallest absolute Gasteiger partial charge is 0.307 e. The van der Waals surface area contributed by atoms with E-state index in [4.69, 9.17) is 0 Å². The Balaban J connectivity index is 1.99. The lowest BCUT2D eigenvalue weighted by Crippen LogP contribution is -2.29. The first-order valence-electron chi connectivity index (χ1n) is 7.86. The molecule has 25 heavy (non-hydrogen) atoms. The molecule has 0 aliphatic carbocycles. The number of carbonyl (C=O) groups is 2. The molecular formula is C19H18N2O3S. The number of esters is 1. The van der Waals surface area contributed by atoms with Crippen LogP contribution in [0.25, 0.3) is 21.5 Å². The van der Waals surface area contributed by atoms with Crippen LogP contribution >= 0.6 is 11.3 Å². The third-order valence-electron chi connectivity index (χ3n) is 3.95. The molecule has 0 spiro atoms. The topological polar surface area (TPSA) is 59.5 Å². The number of ether oxygens (including phenoxy) is 1. The number of thiophene rings is 1. The van der Waals surface area contributed by atoms with E-state index in [-0.39, 0.29) is 18.3 Å². The van der Waals surface area contributed by atoms with Crippen molar-refractivity contribution in [3.63, 3.8) is 0 Å². The van der Waals surface area contributed by atoms with Crippen LogP contribution in [0.4, 0.5) is 0 Å². The number of para-hydroxylation sites is 1. The van der Waals surface area contributed by atoms with E-state index in [0.717, 1.165) is 21.5 Å². The highest BCUT2D eigenvalue weighted by atomic mass is 32.1. The van der Waals surface area contributed by atoms with Gasteiger partial charge in [-0.15, -0.1) is 11.3 Å². The van der Waals surface area contributed by atoms with Gasteiger partial charge in [0.05, 0.1) is 35.2 Å². The van der Waals surface area contributed by atoms with Crippen LogP contribution in [0, 0.1) is 0 Å². The van der Waals surface area contributed by atoms with Crippen LogP contribution in [0.15, 0.2) is 47.8 Å². The Morgan fingerprint density at radius 3 is 2.72 bits per heavy atom. The maximum absolute atomic E-state index is 12.9. The van der Waals surface area contributed by atoms with Crippen molar-refractivity contribution in [3.8, 4) is 10.6 Å². The number of pyridine rings is 1. The summed E-state index contributed by atoms with van der Waals surface area (Å²) in [6.07, 6.45) is 0.166. The van der Waals surface area contributed by atoms with Crippen molar-refractivity contribution in [1.29, 1.82) is 0 Å². The number of methoxy groups -OCH3 is 1. The quantitative estimate of drug-likeness (QED) is 0.657. The summed E-state index contributed by atoms with van der Waals surface area (Å²) in [6, 6.07) is 13.4. The molecule has 0 N–H and O–H groups in total. The van der Waals surface area contributed by atoms with E-state index in [2.05, 4.69) is 9.72 Å². The highest BCUT2D eigenvalue weighted by Gasteiger charge is 2.18. The van der Waals surface area contributed by atoms with E-state index >= 15 is 0 Å². The third-order valence-corrected chi connectivity index (χ3v) is 4.84. The second-order valence-corrected chi connectivity index (χ2v) is 6.55. The summed E-state index contributed by atoms with van der Waals surface area (Å²) in [6.45, 7) is 0.302. The SMILES string of the molecule is COC(=O)CCN(C)C(=O)c1cc(-c2cccs2)nc2ccccc12. The first kappa shape index (κ1) is 17.1. The van der Waals surface area contributed by atoms with Crippen molar-refractivity contribution < 1.29 is 14.3 Å². The second kappa shape index (κ2) is 7.44.